The third-order valence-corrected chi connectivity index (χ3v) is 3.95. The molecular weight excluding hydrogens is 268 g/mol. The number of carbonyl (C=O) groups is 1. The number of carbonyl (C=O) groups excluding carboxylic acids is 1. The molecule has 1 amide bonds. The van der Waals surface area contributed by atoms with E-state index < -0.39 is 10.0 Å². The number of hydrogen-bond acceptors (Lipinski definition) is 5. The molecule has 0 saturated carbocycles. The summed E-state index contributed by atoms with van der Waals surface area (Å²) in [6.45, 7) is 0.966. The highest BCUT2D eigenvalue weighted by molar-refractivity contribution is 7.89. The standard InChI is InChI=1S/C11H16N4O3S/c12-19(17,18)8-9-5-11(16)15(7-9)4-1-10-6-13-2-3-14-10/h2-3,6,9H,1,4-5,7-8H2,(H2,12,17,18). The molecule has 1 aliphatic heterocycles. The minimum absolute atomic E-state index is 0.0301. The van der Waals surface area contributed by atoms with Crippen molar-refractivity contribution in [2.24, 2.45) is 11.1 Å². The number of nitrogens with zero attached hydrogens (tertiary/aromatic N) is 3. The minimum atomic E-state index is -3.52. The SMILES string of the molecule is NS(=O)(=O)CC1CC(=O)N(CCc2cnccn2)C1. The summed E-state index contributed by atoms with van der Waals surface area (Å²) in [5, 5.41) is 5.00. The highest BCUT2D eigenvalue weighted by Gasteiger charge is 2.31. The molecule has 2 heterocycles. The van der Waals surface area contributed by atoms with Crippen molar-refractivity contribution in [3.8, 4) is 0 Å². The molecule has 1 saturated heterocycles. The third-order valence-electron chi connectivity index (χ3n) is 3.02. The van der Waals surface area contributed by atoms with Gasteiger partial charge in [-0.25, -0.2) is 13.6 Å². The van der Waals surface area contributed by atoms with Gasteiger partial charge in [0.2, 0.25) is 15.9 Å². The molecule has 1 aromatic rings. The Morgan fingerprint density at radius 1 is 1.42 bits per heavy atom. The maximum Gasteiger partial charge on any atom is 0.222 e. The largest absolute Gasteiger partial charge is 0.342 e. The Labute approximate surface area is 111 Å². The first kappa shape index (κ1) is 13.9. The third kappa shape index (κ3) is 4.25. The molecule has 8 heteroatoms. The highest BCUT2D eigenvalue weighted by Crippen LogP contribution is 2.18. The molecule has 19 heavy (non-hydrogen) atoms. The first-order valence-corrected chi connectivity index (χ1v) is 7.69. The van der Waals surface area contributed by atoms with Crippen LogP contribution in [0.4, 0.5) is 0 Å². The van der Waals surface area contributed by atoms with Crippen molar-refractivity contribution in [2.75, 3.05) is 18.8 Å². The van der Waals surface area contributed by atoms with E-state index in [2.05, 4.69) is 9.97 Å². The fourth-order valence-corrected chi connectivity index (χ4v) is 3.10. The lowest BCUT2D eigenvalue weighted by Crippen LogP contribution is -2.29. The van der Waals surface area contributed by atoms with Crippen LogP contribution in [0.2, 0.25) is 0 Å². The van der Waals surface area contributed by atoms with Gasteiger partial charge in [-0.3, -0.25) is 14.8 Å². The van der Waals surface area contributed by atoms with E-state index in [0.29, 0.717) is 19.5 Å². The van der Waals surface area contributed by atoms with Gasteiger partial charge in [-0.05, 0) is 0 Å². The van der Waals surface area contributed by atoms with Crippen LogP contribution in [0.5, 0.6) is 0 Å². The number of likely N-dealkylation sites (tertiary alicyclic amines) is 1. The number of primary sulfonamides is 1. The van der Waals surface area contributed by atoms with Gasteiger partial charge in [0.15, 0.2) is 0 Å². The van der Waals surface area contributed by atoms with Crippen molar-refractivity contribution in [2.45, 2.75) is 12.8 Å². The van der Waals surface area contributed by atoms with Crippen molar-refractivity contribution < 1.29 is 13.2 Å². The fourth-order valence-electron chi connectivity index (χ4n) is 2.22. The number of amides is 1. The van der Waals surface area contributed by atoms with E-state index in [1.54, 1.807) is 23.5 Å². The maximum absolute atomic E-state index is 11.7. The van der Waals surface area contributed by atoms with Gasteiger partial charge in [-0.15, -0.1) is 0 Å². The lowest BCUT2D eigenvalue weighted by molar-refractivity contribution is -0.127. The van der Waals surface area contributed by atoms with Crippen LogP contribution in [0.1, 0.15) is 12.1 Å². The van der Waals surface area contributed by atoms with Crippen LogP contribution in [0.15, 0.2) is 18.6 Å². The highest BCUT2D eigenvalue weighted by atomic mass is 32.2. The molecule has 1 aromatic heterocycles. The average molecular weight is 284 g/mol. The van der Waals surface area contributed by atoms with Crippen LogP contribution < -0.4 is 5.14 Å². The molecule has 104 valence electrons. The first-order chi connectivity index (χ1) is 8.94. The van der Waals surface area contributed by atoms with Crippen molar-refractivity contribution in [3.63, 3.8) is 0 Å². The normalized spacial score (nSPS) is 19.9. The van der Waals surface area contributed by atoms with Crippen LogP contribution >= 0.6 is 0 Å². The Morgan fingerprint density at radius 2 is 2.21 bits per heavy atom. The van der Waals surface area contributed by atoms with E-state index in [1.165, 1.54) is 0 Å². The molecule has 1 fully saturated rings. The topological polar surface area (TPSA) is 106 Å². The molecule has 1 aliphatic rings. The Hall–Kier alpha value is -1.54. The zero-order valence-corrected chi connectivity index (χ0v) is 11.2. The number of nitrogens with two attached hydrogens (primary N) is 1. The summed E-state index contributed by atoms with van der Waals surface area (Å²) in [4.78, 5) is 21.5. The van der Waals surface area contributed by atoms with Gasteiger partial charge in [0.25, 0.3) is 0 Å². The summed E-state index contributed by atoms with van der Waals surface area (Å²) in [5.74, 6) is -0.373. The van der Waals surface area contributed by atoms with Crippen molar-refractivity contribution in [1.29, 1.82) is 0 Å². The molecular formula is C11H16N4O3S. The van der Waals surface area contributed by atoms with Gasteiger partial charge in [0.1, 0.15) is 0 Å². The fraction of sp³-hybridized carbons (Fsp3) is 0.545. The van der Waals surface area contributed by atoms with E-state index in [-0.39, 0.29) is 24.0 Å². The zero-order valence-electron chi connectivity index (χ0n) is 10.4. The summed E-state index contributed by atoms with van der Waals surface area (Å²) in [6.07, 6.45) is 5.71. The molecule has 1 unspecified atom stereocenters. The second-order valence-corrected chi connectivity index (χ2v) is 6.35. The number of aromatic nitrogens is 2. The van der Waals surface area contributed by atoms with Gasteiger partial charge in [0.05, 0.1) is 11.4 Å². The molecule has 0 radical (unpaired) electrons. The summed E-state index contributed by atoms with van der Waals surface area (Å²) in [6, 6.07) is 0. The minimum Gasteiger partial charge on any atom is -0.342 e. The second-order valence-electron chi connectivity index (χ2n) is 4.69. The number of rotatable bonds is 5. The summed E-state index contributed by atoms with van der Waals surface area (Å²) in [5.41, 5.74) is 0.810. The van der Waals surface area contributed by atoms with Gasteiger partial charge < -0.3 is 4.90 Å². The molecule has 2 N–H and O–H groups in total. The predicted octanol–water partition coefficient (Wildman–Crippen LogP) is -0.844. The smallest absolute Gasteiger partial charge is 0.222 e. The average Bonchev–Trinajstić information content (AvgIpc) is 2.66. The quantitative estimate of drug-likeness (QED) is 0.758. The summed E-state index contributed by atoms with van der Waals surface area (Å²) >= 11 is 0. The lowest BCUT2D eigenvalue weighted by atomic mass is 10.1. The van der Waals surface area contributed by atoms with Gasteiger partial charge >= 0.3 is 0 Å². The monoisotopic (exact) mass is 284 g/mol. The molecule has 0 aromatic carbocycles. The Balaban J connectivity index is 1.87. The molecule has 0 aliphatic carbocycles. The van der Waals surface area contributed by atoms with Crippen molar-refractivity contribution >= 4 is 15.9 Å². The Morgan fingerprint density at radius 3 is 2.84 bits per heavy atom. The van der Waals surface area contributed by atoms with E-state index >= 15 is 0 Å². The van der Waals surface area contributed by atoms with Gasteiger partial charge in [-0.1, -0.05) is 0 Å². The maximum atomic E-state index is 11.7. The molecule has 2 rings (SSSR count). The van der Waals surface area contributed by atoms with E-state index in [4.69, 9.17) is 5.14 Å². The predicted molar refractivity (Wildman–Crippen MR) is 68.4 cm³/mol. The van der Waals surface area contributed by atoms with Gasteiger partial charge in [0, 0.05) is 50.4 Å². The summed E-state index contributed by atoms with van der Waals surface area (Å²) < 4.78 is 22.0. The van der Waals surface area contributed by atoms with Crippen LogP contribution in [-0.4, -0.2) is 48.0 Å². The van der Waals surface area contributed by atoms with Crippen LogP contribution in [0, 0.1) is 5.92 Å². The number of sulfonamides is 1. The van der Waals surface area contributed by atoms with Crippen molar-refractivity contribution in [3.05, 3.63) is 24.3 Å². The summed E-state index contributed by atoms with van der Waals surface area (Å²) in [7, 11) is -3.52. The van der Waals surface area contributed by atoms with Gasteiger partial charge in [-0.2, -0.15) is 0 Å². The molecule has 1 atom stereocenters. The van der Waals surface area contributed by atoms with Crippen molar-refractivity contribution in [1.82, 2.24) is 14.9 Å². The second kappa shape index (κ2) is 5.62. The molecule has 7 nitrogen and oxygen atoms in total. The van der Waals surface area contributed by atoms with Crippen LogP contribution in [0.3, 0.4) is 0 Å². The Kier molecular flexibility index (Phi) is 4.11. The first-order valence-electron chi connectivity index (χ1n) is 5.97. The number of hydrogen-bond donors (Lipinski definition) is 1. The van der Waals surface area contributed by atoms with E-state index in [9.17, 15) is 13.2 Å². The Bertz CT molecular complexity index is 546. The molecule has 0 bridgehead atoms. The van der Waals surface area contributed by atoms with Crippen LogP contribution in [0.25, 0.3) is 0 Å². The van der Waals surface area contributed by atoms with Crippen LogP contribution in [-0.2, 0) is 21.2 Å². The zero-order chi connectivity index (χ0) is 13.9. The lowest BCUT2D eigenvalue weighted by Gasteiger charge is -2.15. The molecule has 0 spiro atoms. The van der Waals surface area contributed by atoms with E-state index in [1.807, 2.05) is 0 Å². The van der Waals surface area contributed by atoms with E-state index in [0.717, 1.165) is 5.69 Å².